The van der Waals surface area contributed by atoms with Crippen LogP contribution in [0.3, 0.4) is 0 Å². The van der Waals surface area contributed by atoms with Crippen LogP contribution < -0.4 is 10.1 Å². The van der Waals surface area contributed by atoms with Gasteiger partial charge in [0, 0.05) is 37.3 Å². The summed E-state index contributed by atoms with van der Waals surface area (Å²) in [6, 6.07) is 19.1. The highest BCUT2D eigenvalue weighted by molar-refractivity contribution is 6.43. The Balaban J connectivity index is 1.18. The highest BCUT2D eigenvalue weighted by Crippen LogP contribution is 2.38. The largest absolute Gasteiger partial charge is 0.491 e. The zero-order valence-corrected chi connectivity index (χ0v) is 25.0. The number of rotatable bonds is 10. The summed E-state index contributed by atoms with van der Waals surface area (Å²) in [5, 5.41) is 4.40. The highest BCUT2D eigenvalue weighted by atomic mass is 35.5. The van der Waals surface area contributed by atoms with Crippen molar-refractivity contribution in [2.75, 3.05) is 20.3 Å². The van der Waals surface area contributed by atoms with Crippen molar-refractivity contribution in [3.63, 3.8) is 0 Å². The summed E-state index contributed by atoms with van der Waals surface area (Å²) >= 11 is 12.6. The van der Waals surface area contributed by atoms with Crippen LogP contribution in [0.5, 0.6) is 5.75 Å². The van der Waals surface area contributed by atoms with E-state index in [1.165, 1.54) is 29.5 Å². The third kappa shape index (κ3) is 6.49. The van der Waals surface area contributed by atoms with Crippen LogP contribution in [0.1, 0.15) is 47.9 Å². The number of halogens is 2. The SMILES string of the molecule is COCCOc1ccc(CN2C3CCC2CC(NC(=O)Cc2cccc(-c4cccc(Cl)c4Cl)c2)C3)c(C)c1C. The molecule has 5 nitrogen and oxygen atoms in total. The van der Waals surface area contributed by atoms with E-state index < -0.39 is 0 Å². The number of nitrogens with zero attached hydrogens (tertiary/aromatic N) is 1. The summed E-state index contributed by atoms with van der Waals surface area (Å²) in [4.78, 5) is 15.7. The second-order valence-electron chi connectivity index (χ2n) is 11.1. The van der Waals surface area contributed by atoms with Crippen LogP contribution in [0.15, 0.2) is 54.6 Å². The lowest BCUT2D eigenvalue weighted by molar-refractivity contribution is -0.121. The van der Waals surface area contributed by atoms with E-state index in [2.05, 4.69) is 36.2 Å². The number of ether oxygens (including phenoxy) is 2. The molecule has 2 unspecified atom stereocenters. The van der Waals surface area contributed by atoms with Crippen molar-refractivity contribution in [3.8, 4) is 16.9 Å². The van der Waals surface area contributed by atoms with E-state index in [1.54, 1.807) is 13.2 Å². The Bertz CT molecular complexity index is 1350. The molecule has 0 aliphatic carbocycles. The lowest BCUT2D eigenvalue weighted by Crippen LogP contribution is -2.50. The van der Waals surface area contributed by atoms with E-state index in [-0.39, 0.29) is 11.9 Å². The number of amides is 1. The molecule has 40 heavy (non-hydrogen) atoms. The van der Waals surface area contributed by atoms with E-state index in [4.69, 9.17) is 32.7 Å². The van der Waals surface area contributed by atoms with Gasteiger partial charge in [-0.15, -0.1) is 0 Å². The molecule has 3 aromatic rings. The van der Waals surface area contributed by atoms with Crippen LogP contribution in [0.2, 0.25) is 10.0 Å². The van der Waals surface area contributed by atoms with Gasteiger partial charge in [0.2, 0.25) is 5.91 Å². The molecule has 0 spiro atoms. The van der Waals surface area contributed by atoms with Crippen LogP contribution in [0, 0.1) is 13.8 Å². The summed E-state index contributed by atoms with van der Waals surface area (Å²) in [5.74, 6) is 1.01. The van der Waals surface area contributed by atoms with Crippen molar-refractivity contribution in [2.45, 2.75) is 70.6 Å². The molecule has 212 valence electrons. The smallest absolute Gasteiger partial charge is 0.224 e. The van der Waals surface area contributed by atoms with Crippen LogP contribution in [-0.4, -0.2) is 49.3 Å². The standard InChI is InChI=1S/C33H38Cl2N2O3/c1-21-22(2)31(40-15-14-39-3)13-10-25(21)20-37-27-11-12-28(37)19-26(18-27)36-32(38)17-23-6-4-7-24(16-23)29-8-5-9-30(34)33(29)35/h4-10,13,16,26-28H,11-12,14-15,17-20H2,1-3H3,(H,36,38). The van der Waals surface area contributed by atoms with Crippen molar-refractivity contribution in [1.82, 2.24) is 10.2 Å². The molecule has 2 heterocycles. The van der Waals surface area contributed by atoms with Gasteiger partial charge in [-0.1, -0.05) is 65.7 Å². The third-order valence-electron chi connectivity index (χ3n) is 8.55. The van der Waals surface area contributed by atoms with Crippen molar-refractivity contribution < 1.29 is 14.3 Å². The number of nitrogens with one attached hydrogen (secondary N) is 1. The number of piperidine rings is 1. The maximum atomic E-state index is 13.1. The molecule has 7 heteroatoms. The molecule has 2 aliphatic heterocycles. The highest BCUT2D eigenvalue weighted by Gasteiger charge is 2.41. The first-order valence-corrected chi connectivity index (χ1v) is 14.9. The molecule has 3 aromatic carbocycles. The molecular weight excluding hydrogens is 543 g/mol. The fraction of sp³-hybridized carbons (Fsp3) is 0.424. The molecular formula is C33H38Cl2N2O3. The van der Waals surface area contributed by atoms with Gasteiger partial charge in [0.25, 0.3) is 0 Å². The molecule has 2 saturated heterocycles. The fourth-order valence-corrected chi connectivity index (χ4v) is 6.71. The van der Waals surface area contributed by atoms with Gasteiger partial charge < -0.3 is 14.8 Å². The Labute approximate surface area is 247 Å². The molecule has 1 N–H and O–H groups in total. The number of carbonyl (C=O) groups excluding carboxylic acids is 1. The molecule has 5 rings (SSSR count). The number of hydrogen-bond donors (Lipinski definition) is 1. The third-order valence-corrected chi connectivity index (χ3v) is 9.37. The van der Waals surface area contributed by atoms with Gasteiger partial charge in [0.1, 0.15) is 12.4 Å². The quantitative estimate of drug-likeness (QED) is 0.258. The second kappa shape index (κ2) is 12.9. The topological polar surface area (TPSA) is 50.8 Å². The number of hydrogen-bond acceptors (Lipinski definition) is 4. The van der Waals surface area contributed by atoms with Gasteiger partial charge >= 0.3 is 0 Å². The van der Waals surface area contributed by atoms with Gasteiger partial charge in [0.05, 0.1) is 23.1 Å². The average molecular weight is 582 g/mol. The predicted molar refractivity (Wildman–Crippen MR) is 162 cm³/mol. The maximum absolute atomic E-state index is 13.1. The molecule has 2 bridgehead atoms. The first kappa shape index (κ1) is 28.9. The van der Waals surface area contributed by atoms with Crippen LogP contribution >= 0.6 is 23.2 Å². The average Bonchev–Trinajstić information content (AvgIpc) is 3.16. The number of methoxy groups -OCH3 is 1. The summed E-state index contributed by atoms with van der Waals surface area (Å²) in [6.07, 6.45) is 4.72. The van der Waals surface area contributed by atoms with Gasteiger partial charge in [-0.3, -0.25) is 9.69 Å². The van der Waals surface area contributed by atoms with Gasteiger partial charge in [-0.2, -0.15) is 0 Å². The lowest BCUT2D eigenvalue weighted by atomic mass is 9.94. The minimum atomic E-state index is 0.0720. The van der Waals surface area contributed by atoms with Crippen molar-refractivity contribution in [3.05, 3.63) is 86.9 Å². The Hall–Kier alpha value is -2.57. The van der Waals surface area contributed by atoms with E-state index >= 15 is 0 Å². The van der Waals surface area contributed by atoms with E-state index in [0.29, 0.717) is 41.8 Å². The monoisotopic (exact) mass is 580 g/mol. The van der Waals surface area contributed by atoms with E-state index in [1.807, 2.05) is 36.4 Å². The minimum Gasteiger partial charge on any atom is -0.491 e. The molecule has 2 atom stereocenters. The molecule has 0 saturated carbocycles. The Morgan fingerprint density at radius 1 is 0.975 bits per heavy atom. The van der Waals surface area contributed by atoms with E-state index in [9.17, 15) is 4.79 Å². The molecule has 0 radical (unpaired) electrons. The minimum absolute atomic E-state index is 0.0720. The van der Waals surface area contributed by atoms with Crippen LogP contribution in [-0.2, 0) is 22.5 Å². The molecule has 2 fully saturated rings. The first-order chi connectivity index (χ1) is 19.3. The van der Waals surface area contributed by atoms with Crippen molar-refractivity contribution in [2.24, 2.45) is 0 Å². The summed E-state index contributed by atoms with van der Waals surface area (Å²) in [6.45, 7) is 6.41. The van der Waals surface area contributed by atoms with Crippen LogP contribution in [0.4, 0.5) is 0 Å². The Morgan fingerprint density at radius 2 is 1.73 bits per heavy atom. The van der Waals surface area contributed by atoms with Crippen molar-refractivity contribution >= 4 is 29.1 Å². The zero-order chi connectivity index (χ0) is 28.2. The number of carbonyl (C=O) groups is 1. The van der Waals surface area contributed by atoms with Crippen molar-refractivity contribution in [1.29, 1.82) is 0 Å². The Morgan fingerprint density at radius 3 is 2.48 bits per heavy atom. The summed E-state index contributed by atoms with van der Waals surface area (Å²) < 4.78 is 11.0. The molecule has 2 aliphatic rings. The summed E-state index contributed by atoms with van der Waals surface area (Å²) in [5.41, 5.74) is 6.65. The fourth-order valence-electron chi connectivity index (χ4n) is 6.30. The maximum Gasteiger partial charge on any atom is 0.224 e. The van der Waals surface area contributed by atoms with Gasteiger partial charge in [0.15, 0.2) is 0 Å². The second-order valence-corrected chi connectivity index (χ2v) is 11.9. The summed E-state index contributed by atoms with van der Waals surface area (Å²) in [7, 11) is 1.69. The van der Waals surface area contributed by atoms with E-state index in [0.717, 1.165) is 41.8 Å². The van der Waals surface area contributed by atoms with Gasteiger partial charge in [-0.05, 0) is 79.5 Å². The predicted octanol–water partition coefficient (Wildman–Crippen LogP) is 7.16. The van der Waals surface area contributed by atoms with Crippen LogP contribution in [0.25, 0.3) is 11.1 Å². The number of benzene rings is 3. The molecule has 1 amide bonds. The Kier molecular flexibility index (Phi) is 9.37. The normalized spacial score (nSPS) is 20.5. The lowest BCUT2D eigenvalue weighted by Gasteiger charge is -2.39. The molecule has 0 aromatic heterocycles. The van der Waals surface area contributed by atoms with Gasteiger partial charge in [-0.25, -0.2) is 0 Å². The first-order valence-electron chi connectivity index (χ1n) is 14.1. The zero-order valence-electron chi connectivity index (χ0n) is 23.5. The number of fused-ring (bicyclic) bond motifs is 2.